The molecule has 1 unspecified atom stereocenters. The van der Waals surface area contributed by atoms with Gasteiger partial charge in [0.05, 0.1) is 42.7 Å². The third-order valence-electron chi connectivity index (χ3n) is 5.86. The molecule has 0 spiro atoms. The van der Waals surface area contributed by atoms with Crippen LogP contribution in [0.3, 0.4) is 0 Å². The predicted octanol–water partition coefficient (Wildman–Crippen LogP) is 5.94. The number of aromatic nitrogens is 1. The van der Waals surface area contributed by atoms with Crippen molar-refractivity contribution in [1.29, 1.82) is 0 Å². The average Bonchev–Trinajstić information content (AvgIpc) is 3.49. The molecule has 0 bridgehead atoms. The van der Waals surface area contributed by atoms with Gasteiger partial charge in [-0.15, -0.1) is 0 Å². The maximum absolute atomic E-state index is 14.0. The molecule has 0 aliphatic carbocycles. The van der Waals surface area contributed by atoms with Crippen molar-refractivity contribution in [2.45, 2.75) is 53.6 Å². The number of hydrogen-bond donors (Lipinski definition) is 0. The zero-order valence-electron chi connectivity index (χ0n) is 21.2. The zero-order chi connectivity index (χ0) is 24.9. The van der Waals surface area contributed by atoms with Crippen LogP contribution in [-0.2, 0) is 4.74 Å². The molecule has 1 amide bonds. The lowest BCUT2D eigenvalue weighted by Gasteiger charge is -2.24. The summed E-state index contributed by atoms with van der Waals surface area (Å²) in [6, 6.07) is 7.72. The van der Waals surface area contributed by atoms with Crippen molar-refractivity contribution in [1.82, 2.24) is 4.98 Å². The minimum atomic E-state index is -0.168. The van der Waals surface area contributed by atoms with Gasteiger partial charge in [-0.1, -0.05) is 17.4 Å². The fourth-order valence-corrected chi connectivity index (χ4v) is 5.53. The van der Waals surface area contributed by atoms with Crippen LogP contribution in [0.4, 0.5) is 5.13 Å². The van der Waals surface area contributed by atoms with E-state index in [0.29, 0.717) is 54.3 Å². The van der Waals surface area contributed by atoms with E-state index in [2.05, 4.69) is 26.0 Å². The molecular formula is C27H34N2O5S. The first-order chi connectivity index (χ1) is 16.9. The third kappa shape index (κ3) is 5.54. The molecular weight excluding hydrogens is 464 g/mol. The van der Waals surface area contributed by atoms with E-state index in [9.17, 15) is 4.79 Å². The minimum Gasteiger partial charge on any atom is -0.490 e. The molecule has 1 aliphatic rings. The van der Waals surface area contributed by atoms with E-state index in [1.165, 1.54) is 16.9 Å². The van der Waals surface area contributed by atoms with Crippen molar-refractivity contribution in [2.24, 2.45) is 0 Å². The van der Waals surface area contributed by atoms with E-state index in [1.807, 2.05) is 20.8 Å². The molecule has 7 nitrogen and oxygen atoms in total. The number of anilines is 1. The van der Waals surface area contributed by atoms with Gasteiger partial charge in [0.1, 0.15) is 0 Å². The topological polar surface area (TPSA) is 70.1 Å². The fraction of sp³-hybridized carbons (Fsp3) is 0.481. The molecule has 2 heterocycles. The SMILES string of the molecule is CCOc1cc(C(=O)N(CC2CCCO2)c2nc3c(C)cc(C)cc3s2)cc(OCC)c1OCC. The number of carbonyl (C=O) groups is 1. The number of carbonyl (C=O) groups excluding carboxylic acids is 1. The van der Waals surface area contributed by atoms with Crippen molar-refractivity contribution in [3.63, 3.8) is 0 Å². The molecule has 1 aromatic heterocycles. The van der Waals surface area contributed by atoms with Crippen molar-refractivity contribution in [3.05, 3.63) is 41.0 Å². The minimum absolute atomic E-state index is 0.0192. The Morgan fingerprint density at radius 1 is 1.06 bits per heavy atom. The molecule has 4 rings (SSSR count). The molecule has 1 atom stereocenters. The lowest BCUT2D eigenvalue weighted by molar-refractivity contribution is 0.0916. The van der Waals surface area contributed by atoms with E-state index in [0.717, 1.165) is 35.2 Å². The van der Waals surface area contributed by atoms with Gasteiger partial charge in [0.2, 0.25) is 5.75 Å². The quantitative estimate of drug-likeness (QED) is 0.345. The Labute approximate surface area is 211 Å². The van der Waals surface area contributed by atoms with Crippen LogP contribution in [0.1, 0.15) is 55.1 Å². The van der Waals surface area contributed by atoms with Gasteiger partial charge in [0.15, 0.2) is 16.6 Å². The summed E-state index contributed by atoms with van der Waals surface area (Å²) < 4.78 is 24.5. The summed E-state index contributed by atoms with van der Waals surface area (Å²) in [5.41, 5.74) is 3.67. The number of rotatable bonds is 10. The Bertz CT molecular complexity index is 1160. The van der Waals surface area contributed by atoms with E-state index < -0.39 is 0 Å². The third-order valence-corrected chi connectivity index (χ3v) is 6.89. The molecule has 0 N–H and O–H groups in total. The van der Waals surface area contributed by atoms with Crippen LogP contribution in [-0.4, -0.2) is 50.0 Å². The highest BCUT2D eigenvalue weighted by Crippen LogP contribution is 2.40. The molecule has 1 aliphatic heterocycles. The van der Waals surface area contributed by atoms with E-state index >= 15 is 0 Å². The van der Waals surface area contributed by atoms with Crippen molar-refractivity contribution < 1.29 is 23.7 Å². The number of fused-ring (bicyclic) bond motifs is 1. The van der Waals surface area contributed by atoms with Gasteiger partial charge in [-0.3, -0.25) is 9.69 Å². The van der Waals surface area contributed by atoms with Gasteiger partial charge in [0.25, 0.3) is 5.91 Å². The molecule has 0 saturated carbocycles. The van der Waals surface area contributed by atoms with Crippen LogP contribution in [0, 0.1) is 13.8 Å². The average molecular weight is 499 g/mol. The Morgan fingerprint density at radius 2 is 1.74 bits per heavy atom. The van der Waals surface area contributed by atoms with E-state index in [-0.39, 0.29) is 12.0 Å². The van der Waals surface area contributed by atoms with Gasteiger partial charge in [-0.05, 0) is 76.8 Å². The first-order valence-corrected chi connectivity index (χ1v) is 13.1. The van der Waals surface area contributed by atoms with Gasteiger partial charge in [0, 0.05) is 12.2 Å². The normalized spacial score (nSPS) is 15.4. The van der Waals surface area contributed by atoms with Crippen LogP contribution in [0.5, 0.6) is 17.2 Å². The summed E-state index contributed by atoms with van der Waals surface area (Å²) in [6.07, 6.45) is 1.90. The number of ether oxygens (including phenoxy) is 4. The first-order valence-electron chi connectivity index (χ1n) is 12.3. The lowest BCUT2D eigenvalue weighted by atomic mass is 10.1. The Balaban J connectivity index is 1.79. The summed E-state index contributed by atoms with van der Waals surface area (Å²) in [5, 5.41) is 0.666. The zero-order valence-corrected chi connectivity index (χ0v) is 22.0. The summed E-state index contributed by atoms with van der Waals surface area (Å²) in [7, 11) is 0. The smallest absolute Gasteiger partial charge is 0.260 e. The first kappa shape index (κ1) is 25.3. The highest BCUT2D eigenvalue weighted by molar-refractivity contribution is 7.22. The maximum atomic E-state index is 14.0. The summed E-state index contributed by atoms with van der Waals surface area (Å²) in [5.74, 6) is 1.34. The molecule has 8 heteroatoms. The molecule has 3 aromatic rings. The van der Waals surface area contributed by atoms with Gasteiger partial charge in [-0.2, -0.15) is 0 Å². The Morgan fingerprint density at radius 3 is 2.34 bits per heavy atom. The summed E-state index contributed by atoms with van der Waals surface area (Å²) >= 11 is 1.53. The molecule has 0 radical (unpaired) electrons. The van der Waals surface area contributed by atoms with E-state index in [4.69, 9.17) is 23.9 Å². The molecule has 2 aromatic carbocycles. The predicted molar refractivity (Wildman–Crippen MR) is 140 cm³/mol. The van der Waals surface area contributed by atoms with Crippen LogP contribution in [0.25, 0.3) is 10.2 Å². The number of nitrogens with zero attached hydrogens (tertiary/aromatic N) is 2. The molecule has 188 valence electrons. The summed E-state index contributed by atoms with van der Waals surface area (Å²) in [6.45, 7) is 12.4. The summed E-state index contributed by atoms with van der Waals surface area (Å²) in [4.78, 5) is 20.7. The van der Waals surface area contributed by atoms with Crippen LogP contribution >= 0.6 is 11.3 Å². The largest absolute Gasteiger partial charge is 0.490 e. The second-order valence-corrected chi connectivity index (χ2v) is 9.59. The van der Waals surface area contributed by atoms with Gasteiger partial charge < -0.3 is 18.9 Å². The Hall–Kier alpha value is -2.84. The van der Waals surface area contributed by atoms with Gasteiger partial charge in [-0.25, -0.2) is 4.98 Å². The monoisotopic (exact) mass is 498 g/mol. The highest BCUT2D eigenvalue weighted by Gasteiger charge is 2.29. The Kier molecular flexibility index (Phi) is 8.13. The fourth-order valence-electron chi connectivity index (χ4n) is 4.38. The lowest BCUT2D eigenvalue weighted by Crippen LogP contribution is -2.37. The molecule has 35 heavy (non-hydrogen) atoms. The second kappa shape index (κ2) is 11.3. The molecule has 1 saturated heterocycles. The number of aryl methyl sites for hydroxylation is 2. The van der Waals surface area contributed by atoms with Crippen molar-refractivity contribution >= 4 is 32.6 Å². The van der Waals surface area contributed by atoms with Crippen LogP contribution in [0.2, 0.25) is 0 Å². The number of benzene rings is 2. The van der Waals surface area contributed by atoms with Crippen LogP contribution < -0.4 is 19.1 Å². The van der Waals surface area contributed by atoms with E-state index in [1.54, 1.807) is 17.0 Å². The number of hydrogen-bond acceptors (Lipinski definition) is 7. The standard InChI is InChI=1S/C27H34N2O5S/c1-6-31-21-14-19(15-22(32-7-2)25(21)33-8-3)26(30)29(16-20-10-9-11-34-20)27-28-24-18(5)12-17(4)13-23(24)35-27/h12-15,20H,6-11,16H2,1-5H3. The van der Waals surface area contributed by atoms with Gasteiger partial charge >= 0.3 is 0 Å². The van der Waals surface area contributed by atoms with Crippen molar-refractivity contribution in [3.8, 4) is 17.2 Å². The number of thiazole rings is 1. The highest BCUT2D eigenvalue weighted by atomic mass is 32.1. The molecule has 1 fully saturated rings. The maximum Gasteiger partial charge on any atom is 0.260 e. The van der Waals surface area contributed by atoms with Crippen molar-refractivity contribution in [2.75, 3.05) is 37.9 Å². The van der Waals surface area contributed by atoms with Crippen LogP contribution in [0.15, 0.2) is 24.3 Å². The number of amides is 1. The second-order valence-electron chi connectivity index (χ2n) is 8.58.